The van der Waals surface area contributed by atoms with E-state index < -0.39 is 15.1 Å². The monoisotopic (exact) mass is 316 g/mol. The van der Waals surface area contributed by atoms with Crippen molar-refractivity contribution < 1.29 is 13.2 Å². The molecular formula is C16H16N2O3S. The number of benzene rings is 1. The number of nitrogens with zero attached hydrogens (tertiary/aromatic N) is 2. The van der Waals surface area contributed by atoms with Gasteiger partial charge in [-0.15, -0.1) is 0 Å². The van der Waals surface area contributed by atoms with Gasteiger partial charge < -0.3 is 4.90 Å². The van der Waals surface area contributed by atoms with E-state index in [0.717, 1.165) is 0 Å². The van der Waals surface area contributed by atoms with Crippen LogP contribution in [0.2, 0.25) is 0 Å². The van der Waals surface area contributed by atoms with Crippen LogP contribution in [0.4, 0.5) is 0 Å². The molecule has 0 radical (unpaired) electrons. The maximum atomic E-state index is 12.6. The number of hydrogen-bond acceptors (Lipinski definition) is 4. The van der Waals surface area contributed by atoms with Gasteiger partial charge in [0.1, 0.15) is 0 Å². The van der Waals surface area contributed by atoms with Crippen LogP contribution in [0.5, 0.6) is 0 Å². The minimum Gasteiger partial charge on any atom is -0.337 e. The van der Waals surface area contributed by atoms with Crippen LogP contribution in [-0.4, -0.2) is 42.5 Å². The number of aromatic nitrogens is 1. The van der Waals surface area contributed by atoms with Crippen molar-refractivity contribution in [2.45, 2.75) is 16.6 Å². The zero-order valence-corrected chi connectivity index (χ0v) is 12.7. The van der Waals surface area contributed by atoms with Crippen LogP contribution in [0.15, 0.2) is 59.8 Å². The molecule has 1 amide bonds. The SMILES string of the molecule is O=C(c1ccncc1)N1CCC(S(=O)(=O)c2ccccc2)C1. The number of likely N-dealkylation sites (tertiary alicyclic amines) is 1. The lowest BCUT2D eigenvalue weighted by molar-refractivity contribution is 0.0793. The Bertz CT molecular complexity index is 760. The molecule has 114 valence electrons. The Morgan fingerprint density at radius 1 is 1.09 bits per heavy atom. The lowest BCUT2D eigenvalue weighted by Crippen LogP contribution is -2.31. The first-order chi connectivity index (χ1) is 10.6. The van der Waals surface area contributed by atoms with Crippen LogP contribution in [-0.2, 0) is 9.84 Å². The van der Waals surface area contributed by atoms with E-state index in [-0.39, 0.29) is 12.5 Å². The molecule has 3 rings (SSSR count). The highest BCUT2D eigenvalue weighted by molar-refractivity contribution is 7.92. The number of carbonyl (C=O) groups is 1. The summed E-state index contributed by atoms with van der Waals surface area (Å²) in [5.74, 6) is -0.145. The zero-order chi connectivity index (χ0) is 15.6. The van der Waals surface area contributed by atoms with Gasteiger partial charge in [0.05, 0.1) is 10.1 Å². The molecule has 0 spiro atoms. The van der Waals surface area contributed by atoms with Crippen molar-refractivity contribution in [1.29, 1.82) is 0 Å². The van der Waals surface area contributed by atoms with Crippen molar-refractivity contribution in [1.82, 2.24) is 9.88 Å². The van der Waals surface area contributed by atoms with E-state index in [1.54, 1.807) is 59.8 Å². The van der Waals surface area contributed by atoms with Crippen LogP contribution < -0.4 is 0 Å². The fourth-order valence-corrected chi connectivity index (χ4v) is 4.36. The summed E-state index contributed by atoms with van der Waals surface area (Å²) in [6.07, 6.45) is 3.58. The van der Waals surface area contributed by atoms with E-state index >= 15 is 0 Å². The van der Waals surface area contributed by atoms with Gasteiger partial charge >= 0.3 is 0 Å². The first-order valence-electron chi connectivity index (χ1n) is 7.07. The second kappa shape index (κ2) is 5.88. The molecule has 1 atom stereocenters. The lowest BCUT2D eigenvalue weighted by atomic mass is 10.2. The zero-order valence-electron chi connectivity index (χ0n) is 11.9. The standard InChI is InChI=1S/C16H16N2O3S/c19-16(13-6-9-17-10-7-13)18-11-8-15(12-18)22(20,21)14-4-2-1-3-5-14/h1-7,9-10,15H,8,11-12H2. The predicted octanol–water partition coefficient (Wildman–Crippen LogP) is 1.77. The van der Waals surface area contributed by atoms with Crippen molar-refractivity contribution in [2.75, 3.05) is 13.1 Å². The van der Waals surface area contributed by atoms with E-state index in [1.165, 1.54) is 0 Å². The van der Waals surface area contributed by atoms with Crippen LogP contribution in [0, 0.1) is 0 Å². The molecule has 6 heteroatoms. The maximum Gasteiger partial charge on any atom is 0.254 e. The van der Waals surface area contributed by atoms with Crippen LogP contribution in [0.25, 0.3) is 0 Å². The highest BCUT2D eigenvalue weighted by Crippen LogP contribution is 2.24. The van der Waals surface area contributed by atoms with Crippen LogP contribution in [0.1, 0.15) is 16.8 Å². The maximum absolute atomic E-state index is 12.6. The number of pyridine rings is 1. The third-order valence-corrected chi connectivity index (χ3v) is 6.06. The van der Waals surface area contributed by atoms with Crippen LogP contribution >= 0.6 is 0 Å². The average Bonchev–Trinajstić information content (AvgIpc) is 3.06. The molecule has 2 heterocycles. The number of hydrogen-bond donors (Lipinski definition) is 0. The lowest BCUT2D eigenvalue weighted by Gasteiger charge is -2.16. The molecule has 22 heavy (non-hydrogen) atoms. The van der Waals surface area contributed by atoms with Crippen molar-refractivity contribution in [3.8, 4) is 0 Å². The summed E-state index contributed by atoms with van der Waals surface area (Å²) in [5.41, 5.74) is 0.535. The van der Waals surface area contributed by atoms with Crippen molar-refractivity contribution in [2.24, 2.45) is 0 Å². The Morgan fingerprint density at radius 3 is 2.45 bits per heavy atom. The highest BCUT2D eigenvalue weighted by Gasteiger charge is 2.36. The van der Waals surface area contributed by atoms with Crippen molar-refractivity contribution in [3.63, 3.8) is 0 Å². The number of sulfone groups is 1. The van der Waals surface area contributed by atoms with E-state index in [2.05, 4.69) is 4.98 Å². The Balaban J connectivity index is 1.77. The molecule has 1 fully saturated rings. The third kappa shape index (κ3) is 2.74. The summed E-state index contributed by atoms with van der Waals surface area (Å²) in [6.45, 7) is 0.691. The molecule has 1 unspecified atom stereocenters. The third-order valence-electron chi connectivity index (χ3n) is 3.87. The Kier molecular flexibility index (Phi) is 3.94. The number of amides is 1. The fourth-order valence-electron chi connectivity index (χ4n) is 2.65. The van der Waals surface area contributed by atoms with Gasteiger partial charge in [-0.05, 0) is 30.7 Å². The van der Waals surface area contributed by atoms with Gasteiger partial charge in [-0.1, -0.05) is 18.2 Å². The molecule has 2 aromatic rings. The van der Waals surface area contributed by atoms with Crippen molar-refractivity contribution in [3.05, 3.63) is 60.4 Å². The van der Waals surface area contributed by atoms with E-state index in [9.17, 15) is 13.2 Å². The molecule has 1 aromatic carbocycles. The molecule has 0 saturated carbocycles. The summed E-state index contributed by atoms with van der Waals surface area (Å²) in [6, 6.07) is 11.7. The molecular weight excluding hydrogens is 300 g/mol. The first kappa shape index (κ1) is 14.7. The van der Waals surface area contributed by atoms with Gasteiger partial charge in [-0.25, -0.2) is 8.42 Å². The number of carbonyl (C=O) groups excluding carboxylic acids is 1. The molecule has 1 aliphatic heterocycles. The van der Waals surface area contributed by atoms with Gasteiger partial charge in [0.15, 0.2) is 9.84 Å². The molecule has 1 aliphatic rings. The molecule has 0 aliphatic carbocycles. The Hall–Kier alpha value is -2.21. The first-order valence-corrected chi connectivity index (χ1v) is 8.62. The van der Waals surface area contributed by atoms with Gasteiger partial charge in [-0.3, -0.25) is 9.78 Å². The molecule has 5 nitrogen and oxygen atoms in total. The summed E-state index contributed by atoms with van der Waals surface area (Å²) < 4.78 is 25.2. The van der Waals surface area contributed by atoms with Gasteiger partial charge in [0.2, 0.25) is 0 Å². The van der Waals surface area contributed by atoms with Gasteiger partial charge in [0, 0.05) is 31.0 Å². The molecule has 0 N–H and O–H groups in total. The average molecular weight is 316 g/mol. The summed E-state index contributed by atoms with van der Waals surface area (Å²) >= 11 is 0. The minimum absolute atomic E-state index is 0.145. The predicted molar refractivity (Wildman–Crippen MR) is 82.2 cm³/mol. The minimum atomic E-state index is -3.39. The van der Waals surface area contributed by atoms with Crippen molar-refractivity contribution >= 4 is 15.7 Å². The topological polar surface area (TPSA) is 67.3 Å². The fraction of sp³-hybridized carbons (Fsp3) is 0.250. The second-order valence-electron chi connectivity index (χ2n) is 5.26. The molecule has 1 aromatic heterocycles. The summed E-state index contributed by atoms with van der Waals surface area (Å²) in [7, 11) is -3.39. The molecule has 0 bridgehead atoms. The summed E-state index contributed by atoms with van der Waals surface area (Å²) in [5, 5.41) is -0.541. The van der Waals surface area contributed by atoms with E-state index in [4.69, 9.17) is 0 Å². The molecule has 1 saturated heterocycles. The largest absolute Gasteiger partial charge is 0.337 e. The summed E-state index contributed by atoms with van der Waals surface area (Å²) in [4.78, 5) is 18.2. The highest BCUT2D eigenvalue weighted by atomic mass is 32.2. The smallest absolute Gasteiger partial charge is 0.254 e. The van der Waals surface area contributed by atoms with Crippen LogP contribution in [0.3, 0.4) is 0 Å². The Morgan fingerprint density at radius 2 is 1.77 bits per heavy atom. The Labute approximate surface area is 129 Å². The van der Waals surface area contributed by atoms with Gasteiger partial charge in [0.25, 0.3) is 5.91 Å². The van der Waals surface area contributed by atoms with Gasteiger partial charge in [-0.2, -0.15) is 0 Å². The van der Waals surface area contributed by atoms with E-state index in [1.807, 2.05) is 0 Å². The quantitative estimate of drug-likeness (QED) is 0.865. The van der Waals surface area contributed by atoms with E-state index in [0.29, 0.717) is 23.4 Å². The number of rotatable bonds is 3. The second-order valence-corrected chi connectivity index (χ2v) is 7.48. The normalized spacial score (nSPS) is 18.4.